The van der Waals surface area contributed by atoms with Gasteiger partial charge in [-0.1, -0.05) is 132 Å². The van der Waals surface area contributed by atoms with E-state index < -0.39 is 11.5 Å². The van der Waals surface area contributed by atoms with Gasteiger partial charge in [-0.25, -0.2) is 0 Å². The number of nitrogens with zero attached hydrogens (tertiary/aromatic N) is 1. The lowest BCUT2D eigenvalue weighted by atomic mass is 9.69. The van der Waals surface area contributed by atoms with E-state index in [1.165, 1.54) is 19.3 Å². The van der Waals surface area contributed by atoms with Crippen LogP contribution in [0.4, 0.5) is 5.69 Å². The van der Waals surface area contributed by atoms with Crippen molar-refractivity contribution in [2.24, 2.45) is 11.8 Å². The van der Waals surface area contributed by atoms with E-state index in [0.29, 0.717) is 24.1 Å². The van der Waals surface area contributed by atoms with E-state index in [-0.39, 0.29) is 35.5 Å². The highest BCUT2D eigenvalue weighted by molar-refractivity contribution is 6.14. The number of carbonyl (C=O) groups is 3. The highest BCUT2D eigenvalue weighted by atomic mass is 16.2. The molecule has 4 unspecified atom stereocenters. The quantitative estimate of drug-likeness (QED) is 0.178. The van der Waals surface area contributed by atoms with Crippen molar-refractivity contribution in [3.8, 4) is 0 Å². The predicted octanol–water partition coefficient (Wildman–Crippen LogP) is 8.12. The minimum atomic E-state index is -1.43. The Bertz CT molecular complexity index is 1390. The Morgan fingerprint density at radius 3 is 2.14 bits per heavy atom. The van der Waals surface area contributed by atoms with Crippen LogP contribution >= 0.6 is 0 Å². The van der Waals surface area contributed by atoms with Crippen molar-refractivity contribution >= 4 is 23.3 Å². The summed E-state index contributed by atoms with van der Waals surface area (Å²) in [5.41, 5.74) is 1.54. The number of unbranched alkanes of at least 4 members (excludes halogenated alkanes) is 5. The van der Waals surface area contributed by atoms with Gasteiger partial charge in [0.1, 0.15) is 0 Å². The Hall–Kier alpha value is -3.73. The highest BCUT2D eigenvalue weighted by Gasteiger charge is 2.69. The zero-order valence-corrected chi connectivity index (χ0v) is 25.2. The number of amides is 2. The van der Waals surface area contributed by atoms with Crippen LogP contribution in [0.15, 0.2) is 84.9 Å². The second-order valence-corrected chi connectivity index (χ2v) is 12.4. The molecule has 5 nitrogen and oxygen atoms in total. The summed E-state index contributed by atoms with van der Waals surface area (Å²) in [6, 6.07) is 26.6. The third-order valence-corrected chi connectivity index (χ3v) is 9.12. The summed E-state index contributed by atoms with van der Waals surface area (Å²) in [4.78, 5) is 45.7. The number of nitrogens with one attached hydrogen (secondary N) is 1. The lowest BCUT2D eigenvalue weighted by molar-refractivity contribution is -0.146. The third-order valence-electron chi connectivity index (χ3n) is 9.12. The average molecular weight is 565 g/mol. The SMILES string of the molecule is CCCCCCCCC(=O)N1C(CC(C)C)C(c2ccccc2)C(C(=O)c2ccccc2)C12C(=O)Nc1ccccc12. The number of likely N-dealkylation sites (tertiary alicyclic amines) is 1. The Kier molecular flexibility index (Phi) is 9.25. The van der Waals surface area contributed by atoms with E-state index in [9.17, 15) is 14.4 Å². The minimum Gasteiger partial charge on any atom is -0.323 e. The van der Waals surface area contributed by atoms with Crippen molar-refractivity contribution in [2.45, 2.75) is 89.6 Å². The monoisotopic (exact) mass is 564 g/mol. The van der Waals surface area contributed by atoms with Crippen molar-refractivity contribution in [3.05, 3.63) is 102 Å². The molecule has 0 bridgehead atoms. The molecule has 1 fully saturated rings. The van der Waals surface area contributed by atoms with Crippen LogP contribution < -0.4 is 5.32 Å². The zero-order valence-electron chi connectivity index (χ0n) is 25.2. The summed E-state index contributed by atoms with van der Waals surface area (Å²) in [5.74, 6) is -1.27. The van der Waals surface area contributed by atoms with Crippen molar-refractivity contribution < 1.29 is 14.4 Å². The molecule has 0 radical (unpaired) electrons. The summed E-state index contributed by atoms with van der Waals surface area (Å²) in [7, 11) is 0. The average Bonchev–Trinajstić information content (AvgIpc) is 3.46. The number of para-hydroxylation sites is 1. The van der Waals surface area contributed by atoms with Crippen LogP contribution in [0.2, 0.25) is 0 Å². The van der Waals surface area contributed by atoms with Gasteiger partial charge in [0, 0.05) is 35.2 Å². The number of carbonyl (C=O) groups excluding carboxylic acids is 3. The highest BCUT2D eigenvalue weighted by Crippen LogP contribution is 2.60. The number of ketones is 1. The predicted molar refractivity (Wildman–Crippen MR) is 168 cm³/mol. The molecule has 2 heterocycles. The smallest absolute Gasteiger partial charge is 0.255 e. The van der Waals surface area contributed by atoms with Gasteiger partial charge in [-0.05, 0) is 30.4 Å². The van der Waals surface area contributed by atoms with E-state index in [2.05, 4.69) is 38.2 Å². The molecule has 42 heavy (non-hydrogen) atoms. The molecule has 2 aliphatic heterocycles. The van der Waals surface area contributed by atoms with Gasteiger partial charge in [0.2, 0.25) is 5.91 Å². The van der Waals surface area contributed by atoms with Gasteiger partial charge in [0.15, 0.2) is 11.3 Å². The molecule has 5 rings (SSSR count). The standard InChI is InChI=1S/C37H44N2O3/c1-4-5-6-7-8-15-24-32(40)39-31(25-26(2)3)33(27-18-11-9-12-19-27)34(35(41)28-20-13-10-14-21-28)37(39)29-22-16-17-23-30(29)38-36(37)42/h9-14,16-23,26,31,33-34H,4-8,15,24-25H2,1-3H3,(H,38,42). The molecule has 220 valence electrons. The van der Waals surface area contributed by atoms with Gasteiger partial charge >= 0.3 is 0 Å². The lowest BCUT2D eigenvalue weighted by Crippen LogP contribution is -2.56. The molecule has 4 atom stereocenters. The molecule has 1 saturated heterocycles. The fourth-order valence-electron chi connectivity index (χ4n) is 7.38. The second kappa shape index (κ2) is 13.1. The van der Waals surface area contributed by atoms with E-state index >= 15 is 0 Å². The van der Waals surface area contributed by atoms with Crippen LogP contribution in [0.5, 0.6) is 0 Å². The van der Waals surface area contributed by atoms with Crippen molar-refractivity contribution in [2.75, 3.05) is 5.32 Å². The summed E-state index contributed by atoms with van der Waals surface area (Å²) >= 11 is 0. The number of benzene rings is 3. The number of hydrogen-bond donors (Lipinski definition) is 1. The normalized spacial score (nSPS) is 22.9. The van der Waals surface area contributed by atoms with Crippen LogP contribution in [-0.4, -0.2) is 28.5 Å². The number of Topliss-reactive ketones (excluding diaryl/α,β-unsaturated/α-hetero) is 1. The van der Waals surface area contributed by atoms with Gasteiger partial charge in [-0.15, -0.1) is 0 Å². The molecular weight excluding hydrogens is 520 g/mol. The Morgan fingerprint density at radius 2 is 1.45 bits per heavy atom. The van der Waals surface area contributed by atoms with Gasteiger partial charge in [0.05, 0.1) is 5.92 Å². The topological polar surface area (TPSA) is 66.5 Å². The molecule has 2 aliphatic rings. The second-order valence-electron chi connectivity index (χ2n) is 12.4. The molecule has 0 aliphatic carbocycles. The molecule has 5 heteroatoms. The minimum absolute atomic E-state index is 0.0349. The van der Waals surface area contributed by atoms with Crippen molar-refractivity contribution in [1.29, 1.82) is 0 Å². The first-order valence-electron chi connectivity index (χ1n) is 15.8. The molecule has 3 aromatic rings. The zero-order chi connectivity index (χ0) is 29.7. The van der Waals surface area contributed by atoms with E-state index in [4.69, 9.17) is 0 Å². The molecular formula is C37H44N2O3. The van der Waals surface area contributed by atoms with E-state index in [0.717, 1.165) is 30.4 Å². The Morgan fingerprint density at radius 1 is 0.833 bits per heavy atom. The third kappa shape index (κ3) is 5.42. The summed E-state index contributed by atoms with van der Waals surface area (Å²) < 4.78 is 0. The largest absolute Gasteiger partial charge is 0.323 e. The molecule has 1 N–H and O–H groups in total. The first-order valence-corrected chi connectivity index (χ1v) is 15.8. The Labute approximate surface area is 250 Å². The summed E-state index contributed by atoms with van der Waals surface area (Å²) in [6.07, 6.45) is 7.49. The molecule has 1 spiro atoms. The Balaban J connectivity index is 1.69. The lowest BCUT2D eigenvalue weighted by Gasteiger charge is -2.39. The number of hydrogen-bond acceptors (Lipinski definition) is 3. The maximum Gasteiger partial charge on any atom is 0.255 e. The van der Waals surface area contributed by atoms with Crippen molar-refractivity contribution in [3.63, 3.8) is 0 Å². The summed E-state index contributed by atoms with van der Waals surface area (Å²) in [5, 5.41) is 3.10. The van der Waals surface area contributed by atoms with Gasteiger partial charge in [-0.2, -0.15) is 0 Å². The van der Waals surface area contributed by atoms with E-state index in [1.54, 1.807) is 0 Å². The molecule has 2 amide bonds. The molecule has 0 aromatic heterocycles. The number of fused-ring (bicyclic) bond motifs is 2. The van der Waals surface area contributed by atoms with Crippen LogP contribution in [0.25, 0.3) is 0 Å². The maximum absolute atomic E-state index is 14.8. The van der Waals surface area contributed by atoms with Crippen LogP contribution in [0, 0.1) is 11.8 Å². The van der Waals surface area contributed by atoms with Gasteiger partial charge in [-0.3, -0.25) is 14.4 Å². The van der Waals surface area contributed by atoms with Crippen LogP contribution in [0.3, 0.4) is 0 Å². The fraction of sp³-hybridized carbons (Fsp3) is 0.432. The molecule has 3 aromatic carbocycles. The van der Waals surface area contributed by atoms with E-state index in [1.807, 2.05) is 77.7 Å². The van der Waals surface area contributed by atoms with Gasteiger partial charge in [0.25, 0.3) is 5.91 Å². The number of rotatable bonds is 12. The maximum atomic E-state index is 14.8. The van der Waals surface area contributed by atoms with Gasteiger partial charge < -0.3 is 10.2 Å². The van der Waals surface area contributed by atoms with Crippen molar-refractivity contribution in [1.82, 2.24) is 4.90 Å². The molecule has 0 saturated carbocycles. The first kappa shape index (κ1) is 29.8. The number of anilines is 1. The first-order chi connectivity index (χ1) is 20.4. The summed E-state index contributed by atoms with van der Waals surface area (Å²) in [6.45, 7) is 6.51. The van der Waals surface area contributed by atoms with Crippen LogP contribution in [0.1, 0.15) is 99.5 Å². The van der Waals surface area contributed by atoms with Crippen LogP contribution in [-0.2, 0) is 15.1 Å². The fourth-order valence-corrected chi connectivity index (χ4v) is 7.38.